The molecular formula is C16H27N3O. The molecule has 1 saturated heterocycles. The molecule has 112 valence electrons. The van der Waals surface area contributed by atoms with Gasteiger partial charge in [-0.2, -0.15) is 0 Å². The average Bonchev–Trinajstić information content (AvgIpc) is 2.47. The van der Waals surface area contributed by atoms with Crippen LogP contribution in [-0.2, 0) is 0 Å². The van der Waals surface area contributed by atoms with Gasteiger partial charge in [0.2, 0.25) is 0 Å². The van der Waals surface area contributed by atoms with Crippen LogP contribution in [0.4, 0.5) is 5.69 Å². The Labute approximate surface area is 122 Å². The van der Waals surface area contributed by atoms with E-state index in [2.05, 4.69) is 23.6 Å². The molecule has 1 fully saturated rings. The number of β-amino-alcohol motifs (C(OH)–C–C–N with tert-alkyl or cyclic N) is 1. The first-order chi connectivity index (χ1) is 9.61. The van der Waals surface area contributed by atoms with E-state index in [1.54, 1.807) is 0 Å². The first kappa shape index (κ1) is 15.3. The highest BCUT2D eigenvalue weighted by atomic mass is 16.3. The van der Waals surface area contributed by atoms with Crippen molar-refractivity contribution in [1.82, 2.24) is 9.80 Å². The molecule has 1 aromatic carbocycles. The summed E-state index contributed by atoms with van der Waals surface area (Å²) in [6.45, 7) is 9.41. The van der Waals surface area contributed by atoms with E-state index in [9.17, 15) is 5.11 Å². The van der Waals surface area contributed by atoms with Crippen molar-refractivity contribution in [2.24, 2.45) is 0 Å². The molecule has 2 unspecified atom stereocenters. The number of nitrogen functional groups attached to an aromatic ring is 1. The standard InChI is InChI=1S/C16H27N3O/c1-3-13(2)19-10-8-18(9-11-19)12-16(20)14-6-4-5-7-15(14)17/h4-7,13,16,20H,3,8-12,17H2,1-2H3. The molecule has 1 heterocycles. The highest BCUT2D eigenvalue weighted by Crippen LogP contribution is 2.21. The molecule has 0 amide bonds. The molecule has 4 heteroatoms. The zero-order valence-corrected chi connectivity index (χ0v) is 12.6. The molecule has 3 N–H and O–H groups in total. The quantitative estimate of drug-likeness (QED) is 0.805. The summed E-state index contributed by atoms with van der Waals surface area (Å²) in [5, 5.41) is 10.3. The van der Waals surface area contributed by atoms with Gasteiger partial charge in [0.25, 0.3) is 0 Å². The third-order valence-electron chi connectivity index (χ3n) is 4.41. The lowest BCUT2D eigenvalue weighted by Crippen LogP contribution is -2.50. The largest absolute Gasteiger partial charge is 0.398 e. The fourth-order valence-corrected chi connectivity index (χ4v) is 2.80. The summed E-state index contributed by atoms with van der Waals surface area (Å²) in [4.78, 5) is 4.86. The highest BCUT2D eigenvalue weighted by Gasteiger charge is 2.22. The van der Waals surface area contributed by atoms with Gasteiger partial charge >= 0.3 is 0 Å². The molecule has 4 nitrogen and oxygen atoms in total. The maximum atomic E-state index is 10.3. The van der Waals surface area contributed by atoms with Crippen LogP contribution >= 0.6 is 0 Å². The van der Waals surface area contributed by atoms with Gasteiger partial charge in [-0.3, -0.25) is 9.80 Å². The lowest BCUT2D eigenvalue weighted by Gasteiger charge is -2.38. The van der Waals surface area contributed by atoms with Gasteiger partial charge in [0.15, 0.2) is 0 Å². The Morgan fingerprint density at radius 1 is 1.20 bits per heavy atom. The van der Waals surface area contributed by atoms with E-state index in [-0.39, 0.29) is 0 Å². The number of anilines is 1. The SMILES string of the molecule is CCC(C)N1CCN(CC(O)c2ccccc2N)CC1. The van der Waals surface area contributed by atoms with Crippen LogP contribution in [0.3, 0.4) is 0 Å². The lowest BCUT2D eigenvalue weighted by atomic mass is 10.1. The predicted molar refractivity (Wildman–Crippen MR) is 83.6 cm³/mol. The van der Waals surface area contributed by atoms with Crippen molar-refractivity contribution in [2.75, 3.05) is 38.5 Å². The maximum Gasteiger partial charge on any atom is 0.0936 e. The Hall–Kier alpha value is -1.10. The second-order valence-electron chi connectivity index (χ2n) is 5.74. The number of rotatable bonds is 5. The first-order valence-electron chi connectivity index (χ1n) is 7.60. The number of aliphatic hydroxyl groups excluding tert-OH is 1. The summed E-state index contributed by atoms with van der Waals surface area (Å²) in [6.07, 6.45) is 0.703. The molecular weight excluding hydrogens is 250 g/mol. The molecule has 0 aromatic heterocycles. The Morgan fingerprint density at radius 2 is 1.85 bits per heavy atom. The number of benzene rings is 1. The monoisotopic (exact) mass is 277 g/mol. The molecule has 0 saturated carbocycles. The normalized spacial score (nSPS) is 20.8. The van der Waals surface area contributed by atoms with Gasteiger partial charge in [0, 0.05) is 50.0 Å². The van der Waals surface area contributed by atoms with Crippen LogP contribution in [0.15, 0.2) is 24.3 Å². The molecule has 20 heavy (non-hydrogen) atoms. The number of piperazine rings is 1. The Morgan fingerprint density at radius 3 is 2.45 bits per heavy atom. The summed E-state index contributed by atoms with van der Waals surface area (Å²) >= 11 is 0. The zero-order valence-electron chi connectivity index (χ0n) is 12.6. The van der Waals surface area contributed by atoms with Crippen molar-refractivity contribution in [3.8, 4) is 0 Å². The van der Waals surface area contributed by atoms with E-state index in [1.165, 1.54) is 6.42 Å². The molecule has 1 aromatic rings. The molecule has 0 bridgehead atoms. The molecule has 2 rings (SSSR count). The Kier molecular flexibility index (Phi) is 5.40. The van der Waals surface area contributed by atoms with E-state index in [0.717, 1.165) is 31.7 Å². The van der Waals surface area contributed by atoms with Gasteiger partial charge in [-0.15, -0.1) is 0 Å². The molecule has 1 aliphatic rings. The second kappa shape index (κ2) is 7.07. The van der Waals surface area contributed by atoms with Gasteiger partial charge < -0.3 is 10.8 Å². The zero-order chi connectivity index (χ0) is 14.5. The highest BCUT2D eigenvalue weighted by molar-refractivity contribution is 5.47. The summed E-state index contributed by atoms with van der Waals surface area (Å²) in [6, 6.07) is 8.24. The molecule has 0 radical (unpaired) electrons. The van der Waals surface area contributed by atoms with Crippen molar-refractivity contribution in [3.05, 3.63) is 29.8 Å². The van der Waals surface area contributed by atoms with E-state index < -0.39 is 6.10 Å². The Bertz CT molecular complexity index is 416. The minimum Gasteiger partial charge on any atom is -0.398 e. The van der Waals surface area contributed by atoms with Crippen molar-refractivity contribution < 1.29 is 5.11 Å². The number of aliphatic hydroxyl groups is 1. The first-order valence-corrected chi connectivity index (χ1v) is 7.60. The van der Waals surface area contributed by atoms with Gasteiger partial charge in [-0.25, -0.2) is 0 Å². The van der Waals surface area contributed by atoms with Crippen molar-refractivity contribution in [3.63, 3.8) is 0 Å². The summed E-state index contributed by atoms with van der Waals surface area (Å²) in [5.41, 5.74) is 7.44. The van der Waals surface area contributed by atoms with Crippen molar-refractivity contribution in [1.29, 1.82) is 0 Å². The van der Waals surface area contributed by atoms with Crippen LogP contribution in [0.2, 0.25) is 0 Å². The van der Waals surface area contributed by atoms with E-state index in [1.807, 2.05) is 24.3 Å². The fraction of sp³-hybridized carbons (Fsp3) is 0.625. The Balaban J connectivity index is 1.85. The van der Waals surface area contributed by atoms with Crippen LogP contribution in [-0.4, -0.2) is 53.7 Å². The summed E-state index contributed by atoms with van der Waals surface area (Å²) < 4.78 is 0. The smallest absolute Gasteiger partial charge is 0.0936 e. The summed E-state index contributed by atoms with van der Waals surface area (Å²) in [5.74, 6) is 0. The number of hydrogen-bond donors (Lipinski definition) is 2. The van der Waals surface area contributed by atoms with Crippen LogP contribution < -0.4 is 5.73 Å². The van der Waals surface area contributed by atoms with Gasteiger partial charge in [0.1, 0.15) is 0 Å². The van der Waals surface area contributed by atoms with Crippen LogP contribution in [0.1, 0.15) is 31.9 Å². The number of hydrogen-bond acceptors (Lipinski definition) is 4. The predicted octanol–water partition coefficient (Wildman–Crippen LogP) is 1.72. The van der Waals surface area contributed by atoms with E-state index in [0.29, 0.717) is 18.3 Å². The maximum absolute atomic E-state index is 10.3. The van der Waals surface area contributed by atoms with Gasteiger partial charge in [-0.05, 0) is 19.4 Å². The molecule has 0 aliphatic carbocycles. The minimum atomic E-state index is -0.494. The molecule has 2 atom stereocenters. The number of nitrogens with zero attached hydrogens (tertiary/aromatic N) is 2. The van der Waals surface area contributed by atoms with Gasteiger partial charge in [0.05, 0.1) is 6.10 Å². The minimum absolute atomic E-state index is 0.494. The fourth-order valence-electron chi connectivity index (χ4n) is 2.80. The average molecular weight is 277 g/mol. The van der Waals surface area contributed by atoms with Gasteiger partial charge in [-0.1, -0.05) is 25.1 Å². The van der Waals surface area contributed by atoms with Crippen LogP contribution in [0, 0.1) is 0 Å². The van der Waals surface area contributed by atoms with Crippen LogP contribution in [0.25, 0.3) is 0 Å². The molecule has 0 spiro atoms. The van der Waals surface area contributed by atoms with Crippen molar-refractivity contribution in [2.45, 2.75) is 32.4 Å². The van der Waals surface area contributed by atoms with E-state index in [4.69, 9.17) is 5.73 Å². The second-order valence-corrected chi connectivity index (χ2v) is 5.74. The molecule has 1 aliphatic heterocycles. The number of nitrogens with two attached hydrogens (primary N) is 1. The topological polar surface area (TPSA) is 52.7 Å². The van der Waals surface area contributed by atoms with Crippen LogP contribution in [0.5, 0.6) is 0 Å². The van der Waals surface area contributed by atoms with Crippen molar-refractivity contribution >= 4 is 5.69 Å². The third kappa shape index (κ3) is 3.72. The lowest BCUT2D eigenvalue weighted by molar-refractivity contribution is 0.0587. The van der Waals surface area contributed by atoms with E-state index >= 15 is 0 Å². The third-order valence-corrected chi connectivity index (χ3v) is 4.41. The summed E-state index contributed by atoms with van der Waals surface area (Å²) in [7, 11) is 0. The number of para-hydroxylation sites is 1.